The molecule has 0 aliphatic carbocycles. The number of carbonyl (C=O) groups excluding carboxylic acids is 2. The highest BCUT2D eigenvalue weighted by Crippen LogP contribution is 2.37. The summed E-state index contributed by atoms with van der Waals surface area (Å²) in [5.41, 5.74) is 3.76. The summed E-state index contributed by atoms with van der Waals surface area (Å²) in [7, 11) is 0. The van der Waals surface area contributed by atoms with E-state index in [1.165, 1.54) is 4.90 Å². The van der Waals surface area contributed by atoms with Crippen LogP contribution >= 0.6 is 11.8 Å². The molecular formula is C31H31NO5S. The molecule has 0 spiro atoms. The first-order valence-electron chi connectivity index (χ1n) is 12.5. The van der Waals surface area contributed by atoms with Crippen LogP contribution in [-0.2, 0) is 17.8 Å². The fraction of sp³-hybridized carbons (Fsp3) is 0.226. The Labute approximate surface area is 227 Å². The number of carbonyl (C=O) groups is 2. The van der Waals surface area contributed by atoms with Crippen molar-refractivity contribution in [3.8, 4) is 17.2 Å². The summed E-state index contributed by atoms with van der Waals surface area (Å²) in [5, 5.41) is -0.312. The van der Waals surface area contributed by atoms with E-state index in [1.54, 1.807) is 12.2 Å². The third-order valence-electron chi connectivity index (χ3n) is 5.79. The van der Waals surface area contributed by atoms with Crippen molar-refractivity contribution < 1.29 is 23.8 Å². The molecule has 1 fully saturated rings. The Morgan fingerprint density at radius 1 is 0.974 bits per heavy atom. The Balaban J connectivity index is 1.52. The first kappa shape index (κ1) is 27.1. The van der Waals surface area contributed by atoms with Gasteiger partial charge in [-0.15, -0.1) is 6.58 Å². The zero-order chi connectivity index (χ0) is 26.9. The number of ether oxygens (including phenoxy) is 3. The van der Waals surface area contributed by atoms with Crippen LogP contribution in [0.5, 0.6) is 17.2 Å². The lowest BCUT2D eigenvalue weighted by Gasteiger charge is -2.17. The predicted octanol–water partition coefficient (Wildman–Crippen LogP) is 6.82. The van der Waals surface area contributed by atoms with Crippen LogP contribution in [0.2, 0.25) is 0 Å². The van der Waals surface area contributed by atoms with Crippen molar-refractivity contribution in [2.24, 2.45) is 0 Å². The van der Waals surface area contributed by atoms with Crippen LogP contribution in [0, 0.1) is 6.92 Å². The minimum Gasteiger partial charge on any atom is -0.492 e. The van der Waals surface area contributed by atoms with Crippen LogP contribution in [0.25, 0.3) is 6.08 Å². The largest absolute Gasteiger partial charge is 0.492 e. The molecule has 0 atom stereocenters. The molecule has 0 saturated carbocycles. The van der Waals surface area contributed by atoms with Gasteiger partial charge < -0.3 is 14.2 Å². The molecule has 1 aliphatic heterocycles. The second-order valence-corrected chi connectivity index (χ2v) is 9.70. The summed E-state index contributed by atoms with van der Waals surface area (Å²) in [6.45, 7) is 9.01. The van der Waals surface area contributed by atoms with E-state index < -0.39 is 0 Å². The van der Waals surface area contributed by atoms with E-state index in [0.29, 0.717) is 41.8 Å². The Bertz CT molecular complexity index is 1340. The van der Waals surface area contributed by atoms with Gasteiger partial charge in [0.05, 0.1) is 18.1 Å². The molecule has 1 heterocycles. The van der Waals surface area contributed by atoms with Gasteiger partial charge >= 0.3 is 0 Å². The number of allylic oxidation sites excluding steroid dienone is 1. The summed E-state index contributed by atoms with van der Waals surface area (Å²) >= 11 is 0.926. The van der Waals surface area contributed by atoms with E-state index in [-0.39, 0.29) is 24.3 Å². The molecule has 0 unspecified atom stereocenters. The first-order valence-corrected chi connectivity index (χ1v) is 13.3. The monoisotopic (exact) mass is 529 g/mol. The molecular weight excluding hydrogens is 498 g/mol. The maximum absolute atomic E-state index is 13.1. The SMILES string of the molecule is C=CCc1cc(/C=C2\SC(=O)N(CCOc3cccc(C)c3)C2=O)cc(OCC)c1OCc1ccccc1. The summed E-state index contributed by atoms with van der Waals surface area (Å²) in [6, 6.07) is 21.3. The molecule has 0 N–H and O–H groups in total. The number of benzene rings is 3. The molecule has 1 saturated heterocycles. The van der Waals surface area contributed by atoms with Crippen molar-refractivity contribution in [2.75, 3.05) is 19.8 Å². The molecule has 196 valence electrons. The lowest BCUT2D eigenvalue weighted by molar-refractivity contribution is -0.123. The van der Waals surface area contributed by atoms with Crippen molar-refractivity contribution in [3.63, 3.8) is 0 Å². The van der Waals surface area contributed by atoms with Gasteiger partial charge in [-0.3, -0.25) is 14.5 Å². The molecule has 0 radical (unpaired) electrons. The van der Waals surface area contributed by atoms with Crippen molar-refractivity contribution in [1.82, 2.24) is 4.90 Å². The highest BCUT2D eigenvalue weighted by molar-refractivity contribution is 8.18. The number of nitrogens with zero attached hydrogens (tertiary/aromatic N) is 1. The molecule has 0 bridgehead atoms. The van der Waals surface area contributed by atoms with Gasteiger partial charge in [0, 0.05) is 5.56 Å². The molecule has 38 heavy (non-hydrogen) atoms. The van der Waals surface area contributed by atoms with Crippen LogP contribution in [0.1, 0.15) is 29.2 Å². The van der Waals surface area contributed by atoms with Gasteiger partial charge in [0.25, 0.3) is 11.1 Å². The Hall–Kier alpha value is -3.97. The van der Waals surface area contributed by atoms with Crippen molar-refractivity contribution in [1.29, 1.82) is 0 Å². The highest BCUT2D eigenvalue weighted by Gasteiger charge is 2.35. The zero-order valence-corrected chi connectivity index (χ0v) is 22.5. The highest BCUT2D eigenvalue weighted by atomic mass is 32.2. The number of thioether (sulfide) groups is 1. The molecule has 4 rings (SSSR count). The lowest BCUT2D eigenvalue weighted by atomic mass is 10.0. The van der Waals surface area contributed by atoms with E-state index in [4.69, 9.17) is 14.2 Å². The Morgan fingerprint density at radius 3 is 2.53 bits per heavy atom. The lowest BCUT2D eigenvalue weighted by Crippen LogP contribution is -2.32. The predicted molar refractivity (Wildman–Crippen MR) is 152 cm³/mol. The third-order valence-corrected chi connectivity index (χ3v) is 6.70. The fourth-order valence-corrected chi connectivity index (χ4v) is 4.90. The minimum atomic E-state index is -0.333. The number of hydrogen-bond acceptors (Lipinski definition) is 6. The van der Waals surface area contributed by atoms with Gasteiger partial charge in [-0.05, 0) is 79.1 Å². The van der Waals surface area contributed by atoms with Crippen LogP contribution in [0.3, 0.4) is 0 Å². The van der Waals surface area contributed by atoms with Crippen LogP contribution in [-0.4, -0.2) is 35.8 Å². The van der Waals surface area contributed by atoms with E-state index >= 15 is 0 Å². The maximum Gasteiger partial charge on any atom is 0.293 e. The zero-order valence-electron chi connectivity index (χ0n) is 21.6. The first-order chi connectivity index (χ1) is 18.5. The summed E-state index contributed by atoms with van der Waals surface area (Å²) in [6.07, 6.45) is 4.08. The second kappa shape index (κ2) is 13.0. The van der Waals surface area contributed by atoms with Crippen LogP contribution < -0.4 is 14.2 Å². The molecule has 7 heteroatoms. The standard InChI is InChI=1S/C31H31NO5S/c1-4-10-25-18-24(19-27(35-5-2)29(25)37-21-23-12-7-6-8-13-23)20-28-30(33)32(31(34)38-28)15-16-36-26-14-9-11-22(3)17-26/h4,6-9,11-14,17-20H,1,5,10,15-16,21H2,2-3H3/b28-20-. The molecule has 6 nitrogen and oxygen atoms in total. The summed E-state index contributed by atoms with van der Waals surface area (Å²) in [4.78, 5) is 27.2. The molecule has 1 aliphatic rings. The van der Waals surface area contributed by atoms with Crippen LogP contribution in [0.15, 0.2) is 84.3 Å². The van der Waals surface area contributed by atoms with Crippen LogP contribution in [0.4, 0.5) is 4.79 Å². The van der Waals surface area contributed by atoms with Gasteiger partial charge in [0.2, 0.25) is 0 Å². The number of amides is 2. The number of imide groups is 1. The summed E-state index contributed by atoms with van der Waals surface area (Å²) in [5.74, 6) is 1.61. The summed E-state index contributed by atoms with van der Waals surface area (Å²) < 4.78 is 17.8. The quantitative estimate of drug-likeness (QED) is 0.190. The Morgan fingerprint density at radius 2 is 1.79 bits per heavy atom. The van der Waals surface area contributed by atoms with E-state index in [9.17, 15) is 9.59 Å². The fourth-order valence-electron chi connectivity index (χ4n) is 4.03. The third kappa shape index (κ3) is 6.86. The normalized spacial score (nSPS) is 14.2. The van der Waals surface area contributed by atoms with E-state index in [1.807, 2.05) is 80.6 Å². The smallest absolute Gasteiger partial charge is 0.293 e. The molecule has 3 aromatic rings. The minimum absolute atomic E-state index is 0.175. The molecule has 3 aromatic carbocycles. The molecule has 2 amide bonds. The van der Waals surface area contributed by atoms with Crippen molar-refractivity contribution in [3.05, 3.63) is 107 Å². The second-order valence-electron chi connectivity index (χ2n) is 8.71. The maximum atomic E-state index is 13.1. The number of aryl methyl sites for hydroxylation is 1. The topological polar surface area (TPSA) is 65.1 Å². The van der Waals surface area contributed by atoms with Gasteiger partial charge in [-0.2, -0.15) is 0 Å². The average Bonchev–Trinajstić information content (AvgIpc) is 3.16. The van der Waals surface area contributed by atoms with Gasteiger partial charge in [-0.25, -0.2) is 0 Å². The van der Waals surface area contributed by atoms with Gasteiger partial charge in [0.15, 0.2) is 11.5 Å². The number of rotatable bonds is 12. The Kier molecular flexibility index (Phi) is 9.27. The average molecular weight is 530 g/mol. The number of hydrogen-bond donors (Lipinski definition) is 0. The van der Waals surface area contributed by atoms with Gasteiger partial charge in [0.1, 0.15) is 19.0 Å². The van der Waals surface area contributed by atoms with E-state index in [2.05, 4.69) is 6.58 Å². The van der Waals surface area contributed by atoms with Gasteiger partial charge in [-0.1, -0.05) is 48.5 Å². The van der Waals surface area contributed by atoms with Crippen molar-refractivity contribution >= 4 is 29.0 Å². The van der Waals surface area contributed by atoms with E-state index in [0.717, 1.165) is 34.0 Å². The molecule has 0 aromatic heterocycles. The van der Waals surface area contributed by atoms with Crippen molar-refractivity contribution in [2.45, 2.75) is 26.9 Å².